The van der Waals surface area contributed by atoms with Gasteiger partial charge in [-0.15, -0.1) is 0 Å². The van der Waals surface area contributed by atoms with Crippen molar-refractivity contribution >= 4 is 29.2 Å². The molecule has 0 bridgehead atoms. The third-order valence-electron chi connectivity index (χ3n) is 2.58. The van der Waals surface area contributed by atoms with E-state index in [2.05, 4.69) is 0 Å². The number of halogens is 1. The van der Waals surface area contributed by atoms with E-state index in [9.17, 15) is 9.59 Å². The topological polar surface area (TPSA) is 40.6 Å². The molecule has 0 saturated carbocycles. The molecule has 1 aromatic rings. The number of para-hydroxylation sites is 1. The summed E-state index contributed by atoms with van der Waals surface area (Å²) < 4.78 is 0. The molecule has 0 spiro atoms. The van der Waals surface area contributed by atoms with Crippen LogP contribution in [-0.4, -0.2) is 30.4 Å². The van der Waals surface area contributed by atoms with Crippen molar-refractivity contribution in [3.05, 3.63) is 29.3 Å². The van der Waals surface area contributed by atoms with Gasteiger partial charge in [0.25, 0.3) is 0 Å². The van der Waals surface area contributed by atoms with Crippen LogP contribution in [0.4, 0.5) is 10.5 Å². The van der Waals surface area contributed by atoms with Crippen molar-refractivity contribution in [3.8, 4) is 0 Å². The molecule has 1 fully saturated rings. The first-order valence-electron chi connectivity index (χ1n) is 4.94. The molecule has 4 nitrogen and oxygen atoms in total. The van der Waals surface area contributed by atoms with Crippen LogP contribution in [0.3, 0.4) is 0 Å². The van der Waals surface area contributed by atoms with Crippen LogP contribution in [0.5, 0.6) is 0 Å². The van der Waals surface area contributed by atoms with Gasteiger partial charge in [-0.2, -0.15) is 0 Å². The summed E-state index contributed by atoms with van der Waals surface area (Å²) in [5.41, 5.74) is 0.647. The van der Waals surface area contributed by atoms with Gasteiger partial charge in [0.2, 0.25) is 5.91 Å². The third-order valence-corrected chi connectivity index (χ3v) is 2.90. The normalized spacial score (nSPS) is 16.9. The van der Waals surface area contributed by atoms with Crippen molar-refractivity contribution in [2.75, 3.05) is 18.5 Å². The number of nitrogens with zero attached hydrogens (tertiary/aromatic N) is 2. The molecule has 1 saturated heterocycles. The highest BCUT2D eigenvalue weighted by atomic mass is 35.5. The number of carbonyl (C=O) groups excluding carboxylic acids is 2. The summed E-state index contributed by atoms with van der Waals surface area (Å²) in [5.74, 6) is -0.159. The van der Waals surface area contributed by atoms with E-state index >= 15 is 0 Å². The Hall–Kier alpha value is -1.55. The fourth-order valence-corrected chi connectivity index (χ4v) is 1.89. The van der Waals surface area contributed by atoms with Gasteiger partial charge in [-0.3, -0.25) is 14.6 Å². The fraction of sp³-hybridized carbons (Fsp3) is 0.273. The van der Waals surface area contributed by atoms with Crippen LogP contribution >= 0.6 is 11.6 Å². The lowest BCUT2D eigenvalue weighted by Gasteiger charge is -2.32. The zero-order chi connectivity index (χ0) is 11.7. The molecule has 0 unspecified atom stereocenters. The predicted octanol–water partition coefficient (Wildman–Crippen LogP) is 2.13. The van der Waals surface area contributed by atoms with Crippen molar-refractivity contribution in [1.29, 1.82) is 0 Å². The van der Waals surface area contributed by atoms with Gasteiger partial charge in [0, 0.05) is 20.0 Å². The molecular formula is C11H11ClN2O2. The Kier molecular flexibility index (Phi) is 2.83. The Morgan fingerprint density at radius 1 is 1.25 bits per heavy atom. The maximum atomic E-state index is 11.9. The molecule has 1 aliphatic rings. The first-order valence-corrected chi connectivity index (χ1v) is 5.31. The maximum absolute atomic E-state index is 11.9. The Labute approximate surface area is 98.4 Å². The second-order valence-corrected chi connectivity index (χ2v) is 4.00. The van der Waals surface area contributed by atoms with Gasteiger partial charge in [0.1, 0.15) is 0 Å². The highest BCUT2D eigenvalue weighted by Gasteiger charge is 2.30. The molecule has 0 atom stereocenters. The fourth-order valence-electron chi connectivity index (χ4n) is 1.65. The van der Waals surface area contributed by atoms with E-state index in [1.165, 1.54) is 11.9 Å². The molecule has 1 heterocycles. The largest absolute Gasteiger partial charge is 0.330 e. The number of carbonyl (C=O) groups is 2. The van der Waals surface area contributed by atoms with E-state index in [4.69, 9.17) is 11.6 Å². The van der Waals surface area contributed by atoms with E-state index in [1.807, 2.05) is 6.07 Å². The van der Waals surface area contributed by atoms with E-state index in [1.54, 1.807) is 18.2 Å². The Morgan fingerprint density at radius 2 is 1.94 bits per heavy atom. The number of benzene rings is 1. The van der Waals surface area contributed by atoms with Gasteiger partial charge in [0.05, 0.1) is 10.7 Å². The third kappa shape index (κ3) is 1.76. The molecule has 2 rings (SSSR count). The SMILES string of the molecule is CN1C(=O)CCN(c2ccccc2Cl)C1=O. The molecule has 5 heteroatoms. The van der Waals surface area contributed by atoms with Gasteiger partial charge >= 0.3 is 6.03 Å². The standard InChI is InChI=1S/C11H11ClN2O2/c1-13-10(15)6-7-14(11(13)16)9-5-3-2-4-8(9)12/h2-5H,6-7H2,1H3. The van der Waals surface area contributed by atoms with E-state index < -0.39 is 0 Å². The molecule has 16 heavy (non-hydrogen) atoms. The van der Waals surface area contributed by atoms with Crippen molar-refractivity contribution in [3.63, 3.8) is 0 Å². The first-order chi connectivity index (χ1) is 7.61. The molecule has 1 aliphatic heterocycles. The van der Waals surface area contributed by atoms with Crippen molar-refractivity contribution in [2.24, 2.45) is 0 Å². The molecular weight excluding hydrogens is 228 g/mol. The van der Waals surface area contributed by atoms with Gasteiger partial charge in [-0.05, 0) is 12.1 Å². The first kappa shape index (κ1) is 11.0. The van der Waals surface area contributed by atoms with Crippen LogP contribution in [0.25, 0.3) is 0 Å². The summed E-state index contributed by atoms with van der Waals surface area (Å²) in [6.45, 7) is 0.381. The molecule has 0 aromatic heterocycles. The number of amides is 3. The summed E-state index contributed by atoms with van der Waals surface area (Å²) in [7, 11) is 1.48. The van der Waals surface area contributed by atoms with Crippen LogP contribution in [-0.2, 0) is 4.79 Å². The number of rotatable bonds is 1. The van der Waals surface area contributed by atoms with Gasteiger partial charge in [-0.25, -0.2) is 4.79 Å². The van der Waals surface area contributed by atoms with Gasteiger partial charge < -0.3 is 0 Å². The molecule has 0 radical (unpaired) electrons. The van der Waals surface area contributed by atoms with Crippen molar-refractivity contribution in [1.82, 2.24) is 4.90 Å². The minimum Gasteiger partial charge on any atom is -0.292 e. The lowest BCUT2D eigenvalue weighted by molar-refractivity contribution is -0.127. The van der Waals surface area contributed by atoms with Crippen LogP contribution < -0.4 is 4.90 Å². The lowest BCUT2D eigenvalue weighted by atomic mass is 10.2. The van der Waals surface area contributed by atoms with E-state index in [0.717, 1.165) is 4.90 Å². The highest BCUT2D eigenvalue weighted by Crippen LogP contribution is 2.27. The zero-order valence-electron chi connectivity index (χ0n) is 8.81. The average molecular weight is 239 g/mol. The second-order valence-electron chi connectivity index (χ2n) is 3.59. The average Bonchev–Trinajstić information content (AvgIpc) is 2.28. The van der Waals surface area contributed by atoms with Crippen LogP contribution in [0.2, 0.25) is 5.02 Å². The lowest BCUT2D eigenvalue weighted by Crippen LogP contribution is -2.50. The van der Waals surface area contributed by atoms with E-state index in [0.29, 0.717) is 23.7 Å². The summed E-state index contributed by atoms with van der Waals surface area (Å²) in [5, 5.41) is 0.513. The van der Waals surface area contributed by atoms with Gasteiger partial charge in [-0.1, -0.05) is 23.7 Å². The molecule has 0 aliphatic carbocycles. The monoisotopic (exact) mass is 238 g/mol. The quantitative estimate of drug-likeness (QED) is 0.752. The Bertz CT molecular complexity index is 447. The smallest absolute Gasteiger partial charge is 0.292 e. The van der Waals surface area contributed by atoms with Crippen molar-refractivity contribution in [2.45, 2.75) is 6.42 Å². The molecule has 0 N–H and O–H groups in total. The number of urea groups is 1. The molecule has 84 valence electrons. The summed E-state index contributed by atoms with van der Waals surface area (Å²) in [4.78, 5) is 25.8. The predicted molar refractivity (Wildman–Crippen MR) is 61.6 cm³/mol. The van der Waals surface area contributed by atoms with Crippen molar-refractivity contribution < 1.29 is 9.59 Å². The minimum absolute atomic E-state index is 0.159. The van der Waals surface area contributed by atoms with Crippen LogP contribution in [0.1, 0.15) is 6.42 Å². The number of anilines is 1. The zero-order valence-corrected chi connectivity index (χ0v) is 9.57. The second kappa shape index (κ2) is 4.14. The molecule has 3 amide bonds. The van der Waals surface area contributed by atoms with Crippen LogP contribution in [0, 0.1) is 0 Å². The van der Waals surface area contributed by atoms with Crippen LogP contribution in [0.15, 0.2) is 24.3 Å². The maximum Gasteiger partial charge on any atom is 0.330 e. The summed E-state index contributed by atoms with van der Waals surface area (Å²) >= 11 is 6.01. The number of imide groups is 1. The number of hydrogen-bond acceptors (Lipinski definition) is 2. The van der Waals surface area contributed by atoms with E-state index in [-0.39, 0.29) is 11.9 Å². The summed E-state index contributed by atoms with van der Waals surface area (Å²) in [6.07, 6.45) is 0.327. The minimum atomic E-state index is -0.329. The molecule has 1 aromatic carbocycles. The summed E-state index contributed by atoms with van der Waals surface area (Å²) in [6, 6.07) is 6.77. The Balaban J connectivity index is 2.32. The highest BCUT2D eigenvalue weighted by molar-refractivity contribution is 6.34. The Morgan fingerprint density at radius 3 is 2.62 bits per heavy atom. The number of hydrogen-bond donors (Lipinski definition) is 0. The van der Waals surface area contributed by atoms with Gasteiger partial charge in [0.15, 0.2) is 0 Å².